The van der Waals surface area contributed by atoms with Crippen molar-refractivity contribution in [2.45, 2.75) is 38.2 Å². The molecular weight excluding hydrogens is 244 g/mol. The summed E-state index contributed by atoms with van der Waals surface area (Å²) < 4.78 is 5.79. The summed E-state index contributed by atoms with van der Waals surface area (Å²) >= 11 is 0. The van der Waals surface area contributed by atoms with Gasteiger partial charge in [0.05, 0.1) is 17.6 Å². The third-order valence-electron chi connectivity index (χ3n) is 3.39. The van der Waals surface area contributed by atoms with E-state index >= 15 is 0 Å². The summed E-state index contributed by atoms with van der Waals surface area (Å²) in [6.07, 6.45) is 6.59. The normalized spacial score (nSPS) is 16.2. The van der Waals surface area contributed by atoms with Crippen LogP contribution in [-0.2, 0) is 4.74 Å². The highest BCUT2D eigenvalue weighted by atomic mass is 16.6. The number of rotatable bonds is 6. The highest BCUT2D eigenvalue weighted by molar-refractivity contribution is 5.50. The second kappa shape index (κ2) is 7.09. The molecule has 5 heteroatoms. The largest absolute Gasteiger partial charge is 0.383 e. The molecule has 0 amide bonds. The van der Waals surface area contributed by atoms with Crippen molar-refractivity contribution in [2.24, 2.45) is 0 Å². The minimum absolute atomic E-state index is 0.109. The van der Waals surface area contributed by atoms with Crippen molar-refractivity contribution < 1.29 is 9.66 Å². The number of non-ortho nitro benzene ring substituents is 1. The van der Waals surface area contributed by atoms with Crippen LogP contribution in [0.4, 0.5) is 11.4 Å². The van der Waals surface area contributed by atoms with E-state index in [9.17, 15) is 10.1 Å². The van der Waals surface area contributed by atoms with Crippen molar-refractivity contribution in [1.82, 2.24) is 0 Å². The Kier molecular flexibility index (Phi) is 5.15. The van der Waals surface area contributed by atoms with Crippen LogP contribution in [0.1, 0.15) is 32.1 Å². The molecule has 2 rings (SSSR count). The van der Waals surface area contributed by atoms with Gasteiger partial charge < -0.3 is 10.1 Å². The van der Waals surface area contributed by atoms with Gasteiger partial charge in [0.25, 0.3) is 5.69 Å². The summed E-state index contributed by atoms with van der Waals surface area (Å²) in [6.45, 7) is 1.32. The average Bonchev–Trinajstić information content (AvgIpc) is 2.45. The molecule has 104 valence electrons. The van der Waals surface area contributed by atoms with Crippen molar-refractivity contribution in [3.8, 4) is 0 Å². The Labute approximate surface area is 113 Å². The van der Waals surface area contributed by atoms with Gasteiger partial charge in [-0.05, 0) is 18.9 Å². The third-order valence-corrected chi connectivity index (χ3v) is 3.39. The Morgan fingerprint density at radius 3 is 2.84 bits per heavy atom. The standard InChI is InChI=1S/C14H20N2O3/c17-16(18)13-6-4-5-12(11-13)15-9-10-19-14-7-2-1-3-8-14/h4-6,11,14-15H,1-3,7-10H2. The van der Waals surface area contributed by atoms with Crippen molar-refractivity contribution >= 4 is 11.4 Å². The molecule has 1 N–H and O–H groups in total. The van der Waals surface area contributed by atoms with Crippen LogP contribution >= 0.6 is 0 Å². The topological polar surface area (TPSA) is 64.4 Å². The first-order valence-electron chi connectivity index (χ1n) is 6.85. The van der Waals surface area contributed by atoms with Crippen molar-refractivity contribution in [2.75, 3.05) is 18.5 Å². The van der Waals surface area contributed by atoms with Crippen LogP contribution in [0, 0.1) is 10.1 Å². The van der Waals surface area contributed by atoms with E-state index < -0.39 is 0 Å². The predicted molar refractivity (Wildman–Crippen MR) is 74.4 cm³/mol. The first kappa shape index (κ1) is 13.8. The highest BCUT2D eigenvalue weighted by Gasteiger charge is 2.13. The number of nitrogens with zero attached hydrogens (tertiary/aromatic N) is 1. The van der Waals surface area contributed by atoms with E-state index in [1.54, 1.807) is 12.1 Å². The second-order valence-electron chi connectivity index (χ2n) is 4.87. The first-order chi connectivity index (χ1) is 9.25. The predicted octanol–water partition coefficient (Wildman–Crippen LogP) is 3.36. The van der Waals surface area contributed by atoms with Crippen LogP contribution in [-0.4, -0.2) is 24.2 Å². The fourth-order valence-corrected chi connectivity index (χ4v) is 2.38. The molecule has 0 saturated heterocycles. The van der Waals surface area contributed by atoms with Crippen LogP contribution < -0.4 is 5.32 Å². The lowest BCUT2D eigenvalue weighted by Crippen LogP contribution is -2.20. The number of nitro benzene ring substituents is 1. The van der Waals surface area contributed by atoms with Gasteiger partial charge in [-0.15, -0.1) is 0 Å². The molecular formula is C14H20N2O3. The number of hydrogen-bond acceptors (Lipinski definition) is 4. The summed E-state index contributed by atoms with van der Waals surface area (Å²) in [4.78, 5) is 10.3. The summed E-state index contributed by atoms with van der Waals surface area (Å²) in [6, 6.07) is 6.54. The molecule has 19 heavy (non-hydrogen) atoms. The SMILES string of the molecule is O=[N+]([O-])c1cccc(NCCOC2CCCCC2)c1. The van der Waals surface area contributed by atoms with Crippen LogP contribution in [0.5, 0.6) is 0 Å². The van der Waals surface area contributed by atoms with Gasteiger partial charge in [-0.2, -0.15) is 0 Å². The van der Waals surface area contributed by atoms with Gasteiger partial charge in [0, 0.05) is 24.4 Å². The van der Waals surface area contributed by atoms with Crippen molar-refractivity contribution in [3.63, 3.8) is 0 Å². The Morgan fingerprint density at radius 1 is 1.32 bits per heavy atom. The van der Waals surface area contributed by atoms with Gasteiger partial charge in [0.2, 0.25) is 0 Å². The van der Waals surface area contributed by atoms with Gasteiger partial charge in [-0.25, -0.2) is 0 Å². The zero-order chi connectivity index (χ0) is 13.5. The molecule has 0 aromatic heterocycles. The quantitative estimate of drug-likeness (QED) is 0.486. The van der Waals surface area contributed by atoms with Crippen LogP contribution in [0.3, 0.4) is 0 Å². The summed E-state index contributed by atoms with van der Waals surface area (Å²) in [5, 5.41) is 13.8. The highest BCUT2D eigenvalue weighted by Crippen LogP contribution is 2.20. The zero-order valence-electron chi connectivity index (χ0n) is 11.0. The van der Waals surface area contributed by atoms with Gasteiger partial charge in [0.15, 0.2) is 0 Å². The molecule has 0 heterocycles. The van der Waals surface area contributed by atoms with E-state index in [-0.39, 0.29) is 10.6 Å². The molecule has 0 aliphatic heterocycles. The molecule has 0 atom stereocenters. The number of nitrogens with one attached hydrogen (secondary N) is 1. The maximum atomic E-state index is 10.6. The number of benzene rings is 1. The average molecular weight is 264 g/mol. The number of anilines is 1. The van der Waals surface area contributed by atoms with Gasteiger partial charge >= 0.3 is 0 Å². The second-order valence-corrected chi connectivity index (χ2v) is 4.87. The molecule has 1 fully saturated rings. The fraction of sp³-hybridized carbons (Fsp3) is 0.571. The van der Waals surface area contributed by atoms with E-state index in [1.165, 1.54) is 25.3 Å². The Hall–Kier alpha value is -1.62. The molecule has 0 bridgehead atoms. The summed E-state index contributed by atoms with van der Waals surface area (Å²) in [5.41, 5.74) is 0.875. The Bertz CT molecular complexity index is 417. The smallest absolute Gasteiger partial charge is 0.271 e. The molecule has 1 saturated carbocycles. The molecule has 5 nitrogen and oxygen atoms in total. The van der Waals surface area contributed by atoms with E-state index in [2.05, 4.69) is 5.32 Å². The van der Waals surface area contributed by atoms with Gasteiger partial charge in [0.1, 0.15) is 0 Å². The van der Waals surface area contributed by atoms with E-state index in [0.717, 1.165) is 18.5 Å². The zero-order valence-corrected chi connectivity index (χ0v) is 11.0. The van der Waals surface area contributed by atoms with E-state index in [4.69, 9.17) is 4.74 Å². The fourth-order valence-electron chi connectivity index (χ4n) is 2.38. The lowest BCUT2D eigenvalue weighted by Gasteiger charge is -2.22. The van der Waals surface area contributed by atoms with E-state index in [0.29, 0.717) is 19.3 Å². The van der Waals surface area contributed by atoms with Crippen LogP contribution in [0.2, 0.25) is 0 Å². The van der Waals surface area contributed by atoms with Crippen LogP contribution in [0.15, 0.2) is 24.3 Å². The number of nitro groups is 1. The molecule has 1 aliphatic rings. The van der Waals surface area contributed by atoms with Crippen molar-refractivity contribution in [3.05, 3.63) is 34.4 Å². The number of hydrogen-bond donors (Lipinski definition) is 1. The minimum Gasteiger partial charge on any atom is -0.383 e. The molecule has 1 aromatic rings. The van der Waals surface area contributed by atoms with Gasteiger partial charge in [-0.3, -0.25) is 10.1 Å². The maximum Gasteiger partial charge on any atom is 0.271 e. The minimum atomic E-state index is -0.385. The van der Waals surface area contributed by atoms with E-state index in [1.807, 2.05) is 6.07 Å². The summed E-state index contributed by atoms with van der Waals surface area (Å²) in [7, 11) is 0. The lowest BCUT2D eigenvalue weighted by atomic mass is 9.98. The Balaban J connectivity index is 1.70. The molecule has 1 aromatic carbocycles. The lowest BCUT2D eigenvalue weighted by molar-refractivity contribution is -0.384. The molecule has 1 aliphatic carbocycles. The molecule has 0 spiro atoms. The summed E-state index contributed by atoms with van der Waals surface area (Å²) in [5.74, 6) is 0. The Morgan fingerprint density at radius 2 is 2.11 bits per heavy atom. The van der Waals surface area contributed by atoms with Gasteiger partial charge in [-0.1, -0.05) is 25.3 Å². The number of ether oxygens (including phenoxy) is 1. The maximum absolute atomic E-state index is 10.6. The monoisotopic (exact) mass is 264 g/mol. The first-order valence-corrected chi connectivity index (χ1v) is 6.85. The third kappa shape index (κ3) is 4.52. The molecule has 0 unspecified atom stereocenters. The van der Waals surface area contributed by atoms with Crippen molar-refractivity contribution in [1.29, 1.82) is 0 Å². The van der Waals surface area contributed by atoms with Crippen LogP contribution in [0.25, 0.3) is 0 Å². The molecule has 0 radical (unpaired) electrons.